The predicted molar refractivity (Wildman–Crippen MR) is 160 cm³/mol. The first-order valence-corrected chi connectivity index (χ1v) is 14.2. The summed E-state index contributed by atoms with van der Waals surface area (Å²) in [6.07, 6.45) is 0. The summed E-state index contributed by atoms with van der Waals surface area (Å²) in [5, 5.41) is 0. The minimum Gasteiger partial charge on any atom is -0.781 e. The summed E-state index contributed by atoms with van der Waals surface area (Å²) >= 11 is 24.9. The molecule has 0 heterocycles. The second-order valence-corrected chi connectivity index (χ2v) is 12.6. The molecule has 0 aliphatic heterocycles. The third-order valence-electron chi connectivity index (χ3n) is 4.03. The van der Waals surface area contributed by atoms with Crippen LogP contribution in [0.4, 0.5) is 0 Å². The Morgan fingerprint density at radius 3 is 1.27 bits per heavy atom. The van der Waals surface area contributed by atoms with Gasteiger partial charge in [0.15, 0.2) is 0 Å². The molecule has 7 heteroatoms. The predicted octanol–water partition coefficient (Wildman–Crippen LogP) is 8.21. The molecule has 0 unspecified atom stereocenters. The van der Waals surface area contributed by atoms with Crippen LogP contribution in [0.15, 0.2) is 57.0 Å². The maximum Gasteiger partial charge on any atom is 0 e. The van der Waals surface area contributed by atoms with Crippen molar-refractivity contribution in [3.8, 4) is 0 Å². The Hall–Kier alpha value is -0.00649. The molecule has 0 saturated carbocycles. The van der Waals surface area contributed by atoms with Crippen LogP contribution < -0.4 is 0 Å². The van der Waals surface area contributed by atoms with Gasteiger partial charge in [-0.2, -0.15) is 41.8 Å². The van der Waals surface area contributed by atoms with Crippen LogP contribution in [-0.2, 0) is 67.0 Å². The van der Waals surface area contributed by atoms with Crippen LogP contribution in [0, 0.1) is 25.7 Å². The zero-order valence-electron chi connectivity index (χ0n) is 20.0. The van der Waals surface area contributed by atoms with E-state index in [9.17, 15) is 0 Å². The van der Waals surface area contributed by atoms with E-state index < -0.39 is 0 Å². The summed E-state index contributed by atoms with van der Waals surface area (Å²) in [5.41, 5.74) is 4.44. The monoisotopic (exact) mass is 594 g/mol. The van der Waals surface area contributed by atoms with Gasteiger partial charge >= 0.3 is 0 Å². The van der Waals surface area contributed by atoms with Gasteiger partial charge in [-0.05, 0) is 48.3 Å². The van der Waals surface area contributed by atoms with E-state index in [-0.39, 0.29) is 16.5 Å². The van der Waals surface area contributed by atoms with Crippen LogP contribution in [0.25, 0.3) is 9.81 Å². The quantitative estimate of drug-likeness (QED) is 0.170. The van der Waals surface area contributed by atoms with Gasteiger partial charge in [0, 0.05) is 16.5 Å². The molecule has 0 saturated heterocycles. The van der Waals surface area contributed by atoms with Gasteiger partial charge in [-0.25, -0.2) is 0 Å². The van der Waals surface area contributed by atoms with Crippen molar-refractivity contribution in [1.29, 1.82) is 0 Å². The first-order valence-electron chi connectivity index (χ1n) is 10.6. The van der Waals surface area contributed by atoms with Crippen LogP contribution in [0.5, 0.6) is 0 Å². The average molecular weight is 596 g/mol. The second kappa shape index (κ2) is 17.4. The van der Waals surface area contributed by atoms with E-state index in [1.807, 2.05) is 24.3 Å². The van der Waals surface area contributed by atoms with E-state index in [1.165, 1.54) is 11.1 Å². The molecular formula is C26H32NiS6-4. The Morgan fingerprint density at radius 1 is 0.667 bits per heavy atom. The summed E-state index contributed by atoms with van der Waals surface area (Å²) in [6, 6.07) is 16.3. The molecule has 0 spiro atoms. The molecule has 0 fully saturated rings. The third-order valence-corrected chi connectivity index (χ3v) is 9.27. The SMILES string of the molecule is CC(C)CS/C([S-])=C(/[S-])SCC(C)C.Cc1cccc(/C([S-])=C(/[S-])c2cccc(C)c2)c1.[Ni]. The fourth-order valence-corrected chi connectivity index (χ4v) is 5.25. The molecule has 0 nitrogen and oxygen atoms in total. The van der Waals surface area contributed by atoms with E-state index in [0.29, 0.717) is 11.8 Å². The molecular weight excluding hydrogens is 563 g/mol. The van der Waals surface area contributed by atoms with Crippen molar-refractivity contribution in [2.45, 2.75) is 41.5 Å². The molecule has 186 valence electrons. The number of rotatable bonds is 8. The van der Waals surface area contributed by atoms with Gasteiger partial charge in [0.1, 0.15) is 0 Å². The van der Waals surface area contributed by atoms with Crippen LogP contribution in [0.1, 0.15) is 49.9 Å². The number of hydrogen-bond donors (Lipinski definition) is 0. The molecule has 2 aromatic carbocycles. The van der Waals surface area contributed by atoms with E-state index in [1.54, 1.807) is 23.5 Å². The van der Waals surface area contributed by atoms with Gasteiger partial charge in [0.25, 0.3) is 0 Å². The van der Waals surface area contributed by atoms with Crippen molar-refractivity contribution in [3.05, 3.63) is 79.3 Å². The number of thioether (sulfide) groups is 2. The van der Waals surface area contributed by atoms with Gasteiger partial charge in [-0.15, -0.1) is 0 Å². The Balaban J connectivity index is 0.000000624. The summed E-state index contributed by atoms with van der Waals surface area (Å²) < 4.78 is 1.80. The maximum atomic E-state index is 5.49. The van der Waals surface area contributed by atoms with Crippen LogP contribution in [0.3, 0.4) is 0 Å². The summed E-state index contributed by atoms with van der Waals surface area (Å²) in [4.78, 5) is 1.50. The number of benzene rings is 2. The smallest absolute Gasteiger partial charge is 0 e. The zero-order chi connectivity index (χ0) is 24.3. The third kappa shape index (κ3) is 13.6. The molecule has 2 rings (SSSR count). The van der Waals surface area contributed by atoms with Crippen LogP contribution >= 0.6 is 23.5 Å². The molecule has 2 aromatic rings. The number of aryl methyl sites for hydroxylation is 2. The average Bonchev–Trinajstić information content (AvgIpc) is 2.75. The van der Waals surface area contributed by atoms with Gasteiger partial charge < -0.3 is 50.5 Å². The minimum absolute atomic E-state index is 0. The molecule has 33 heavy (non-hydrogen) atoms. The Bertz CT molecular complexity index is 845. The molecule has 0 atom stereocenters. The molecule has 0 N–H and O–H groups in total. The Morgan fingerprint density at radius 2 is 1.00 bits per heavy atom. The van der Waals surface area contributed by atoms with E-state index in [0.717, 1.165) is 40.9 Å². The Labute approximate surface area is 242 Å². The van der Waals surface area contributed by atoms with E-state index in [2.05, 4.69) is 65.8 Å². The largest absolute Gasteiger partial charge is 0.781 e. The fraction of sp³-hybridized carbons (Fsp3) is 0.385. The topological polar surface area (TPSA) is 0 Å². The molecule has 0 radical (unpaired) electrons. The Kier molecular flexibility index (Phi) is 17.4. The van der Waals surface area contributed by atoms with Crippen molar-refractivity contribution in [2.75, 3.05) is 11.5 Å². The maximum absolute atomic E-state index is 5.49. The molecule has 0 bridgehead atoms. The normalized spacial score (nSPS) is 12.4. The van der Waals surface area contributed by atoms with Crippen LogP contribution in [-0.4, -0.2) is 11.5 Å². The van der Waals surface area contributed by atoms with Crippen molar-refractivity contribution < 1.29 is 16.5 Å². The molecule has 0 aliphatic carbocycles. The summed E-state index contributed by atoms with van der Waals surface area (Å²) in [5.74, 6) is 3.49. The van der Waals surface area contributed by atoms with Crippen molar-refractivity contribution in [3.63, 3.8) is 0 Å². The van der Waals surface area contributed by atoms with Crippen molar-refractivity contribution >= 4 is 83.8 Å². The molecule has 0 aromatic heterocycles. The molecule has 0 amide bonds. The van der Waals surface area contributed by atoms with Crippen molar-refractivity contribution in [2.24, 2.45) is 11.8 Å². The zero-order valence-corrected chi connectivity index (χ0v) is 25.8. The van der Waals surface area contributed by atoms with Gasteiger partial charge in [-0.3, -0.25) is 0 Å². The molecule has 0 aliphatic rings. The number of hydrogen-bond acceptors (Lipinski definition) is 6. The van der Waals surface area contributed by atoms with Gasteiger partial charge in [0.2, 0.25) is 0 Å². The summed E-state index contributed by atoms with van der Waals surface area (Å²) in [6.45, 7) is 12.9. The minimum atomic E-state index is 0. The second-order valence-electron chi connectivity index (χ2n) is 8.38. The first kappa shape index (κ1) is 33.0. The standard InChI is InChI=1S/C16H16S2.C10H20S4.Ni/c1-11-5-3-7-13(9-11)15(17)16(18)14-8-4-6-12(2)10-14;1-7(2)5-13-9(11)10(12)14-6-8(3)4;/h3-10,17-18H,1-2H3;7-8,11-12H,5-6H2,1-4H3;/p-4/b16-15-;10-9-;. The van der Waals surface area contributed by atoms with Gasteiger partial charge in [-0.1, -0.05) is 87.4 Å². The fourth-order valence-electron chi connectivity index (χ4n) is 2.44. The van der Waals surface area contributed by atoms with E-state index >= 15 is 0 Å². The van der Waals surface area contributed by atoms with Crippen molar-refractivity contribution in [1.82, 2.24) is 0 Å². The first-order chi connectivity index (χ1) is 15.0. The van der Waals surface area contributed by atoms with Crippen LogP contribution in [0.2, 0.25) is 0 Å². The van der Waals surface area contributed by atoms with E-state index in [4.69, 9.17) is 50.5 Å². The van der Waals surface area contributed by atoms with Gasteiger partial charge in [0.05, 0.1) is 0 Å². The summed E-state index contributed by atoms with van der Waals surface area (Å²) in [7, 11) is 0.